The van der Waals surface area contributed by atoms with E-state index in [2.05, 4.69) is 22.4 Å². The lowest BCUT2D eigenvalue weighted by Crippen LogP contribution is -2.38. The molecule has 3 atom stereocenters. The number of hydrogen-bond donors (Lipinski definition) is 1. The van der Waals surface area contributed by atoms with Gasteiger partial charge in [-0.3, -0.25) is 4.90 Å². The lowest BCUT2D eigenvalue weighted by Gasteiger charge is -2.33. The Bertz CT molecular complexity index is 322. The summed E-state index contributed by atoms with van der Waals surface area (Å²) in [6, 6.07) is 5.68. The second-order valence-electron chi connectivity index (χ2n) is 4.80. The van der Waals surface area contributed by atoms with E-state index < -0.39 is 0 Å². The topological polar surface area (TPSA) is 29.3 Å². The van der Waals surface area contributed by atoms with Crippen molar-refractivity contribution in [2.24, 2.45) is 11.7 Å². The van der Waals surface area contributed by atoms with Crippen LogP contribution < -0.4 is 5.73 Å². The summed E-state index contributed by atoms with van der Waals surface area (Å²) in [6.45, 7) is 2.05. The number of hydrogen-bond acceptors (Lipinski definition) is 3. The first-order valence-corrected chi connectivity index (χ1v) is 6.75. The Morgan fingerprint density at radius 1 is 1.53 bits per heavy atom. The van der Waals surface area contributed by atoms with E-state index in [1.165, 1.54) is 30.7 Å². The molecular formula is C12H18N2S. The lowest BCUT2D eigenvalue weighted by molar-refractivity contribution is 0.155. The number of piperidine rings is 1. The average Bonchev–Trinajstić information content (AvgIpc) is 2.94. The van der Waals surface area contributed by atoms with Crippen molar-refractivity contribution in [2.45, 2.75) is 31.3 Å². The SMILES string of the molecule is NCC(c1cccs1)N1CC2CCC1C2. The minimum Gasteiger partial charge on any atom is -0.329 e. The van der Waals surface area contributed by atoms with Crippen molar-refractivity contribution in [1.29, 1.82) is 0 Å². The molecule has 15 heavy (non-hydrogen) atoms. The van der Waals surface area contributed by atoms with Crippen LogP contribution in [0.4, 0.5) is 0 Å². The van der Waals surface area contributed by atoms with Gasteiger partial charge in [0.05, 0.1) is 6.04 Å². The number of nitrogens with two attached hydrogens (primary N) is 1. The van der Waals surface area contributed by atoms with Gasteiger partial charge >= 0.3 is 0 Å². The van der Waals surface area contributed by atoms with Gasteiger partial charge in [0.2, 0.25) is 0 Å². The number of rotatable bonds is 3. The molecule has 2 aliphatic rings. The summed E-state index contributed by atoms with van der Waals surface area (Å²) in [5.74, 6) is 0.962. The van der Waals surface area contributed by atoms with Crippen LogP contribution in [0.25, 0.3) is 0 Å². The molecule has 1 aliphatic heterocycles. The van der Waals surface area contributed by atoms with Crippen LogP contribution >= 0.6 is 11.3 Å². The number of fused-ring (bicyclic) bond motifs is 2. The third-order valence-electron chi connectivity index (χ3n) is 3.95. The zero-order chi connectivity index (χ0) is 10.3. The van der Waals surface area contributed by atoms with E-state index in [1.807, 2.05) is 11.3 Å². The largest absolute Gasteiger partial charge is 0.329 e. The van der Waals surface area contributed by atoms with Crippen LogP contribution in [0.5, 0.6) is 0 Å². The highest BCUT2D eigenvalue weighted by molar-refractivity contribution is 7.10. The van der Waals surface area contributed by atoms with Crippen LogP contribution in [0, 0.1) is 5.92 Å². The van der Waals surface area contributed by atoms with Gasteiger partial charge in [0.25, 0.3) is 0 Å². The maximum absolute atomic E-state index is 5.94. The van der Waals surface area contributed by atoms with Gasteiger partial charge < -0.3 is 5.73 Å². The molecule has 0 spiro atoms. The van der Waals surface area contributed by atoms with Crippen LogP contribution in [0.2, 0.25) is 0 Å². The molecule has 2 N–H and O–H groups in total. The third kappa shape index (κ3) is 1.63. The van der Waals surface area contributed by atoms with Crippen LogP contribution in [0.3, 0.4) is 0 Å². The van der Waals surface area contributed by atoms with Crippen LogP contribution in [-0.2, 0) is 0 Å². The average molecular weight is 222 g/mol. The summed E-state index contributed by atoms with van der Waals surface area (Å²) >= 11 is 1.85. The smallest absolute Gasteiger partial charge is 0.0566 e. The van der Waals surface area contributed by atoms with Crippen LogP contribution in [0.15, 0.2) is 17.5 Å². The fraction of sp³-hybridized carbons (Fsp3) is 0.667. The quantitative estimate of drug-likeness (QED) is 0.850. The second kappa shape index (κ2) is 3.89. The molecule has 82 valence electrons. The summed E-state index contributed by atoms with van der Waals surface area (Å²) in [4.78, 5) is 4.10. The third-order valence-corrected chi connectivity index (χ3v) is 4.92. The van der Waals surface area contributed by atoms with E-state index in [9.17, 15) is 0 Å². The van der Waals surface area contributed by atoms with Gasteiger partial charge in [-0.2, -0.15) is 0 Å². The van der Waals surface area contributed by atoms with Gasteiger partial charge in [-0.1, -0.05) is 6.07 Å². The highest BCUT2D eigenvalue weighted by Crippen LogP contribution is 2.42. The van der Waals surface area contributed by atoms with E-state index in [1.54, 1.807) is 0 Å². The fourth-order valence-corrected chi connectivity index (χ4v) is 4.10. The van der Waals surface area contributed by atoms with E-state index in [0.717, 1.165) is 18.5 Å². The predicted molar refractivity (Wildman–Crippen MR) is 63.9 cm³/mol. The molecule has 2 nitrogen and oxygen atoms in total. The zero-order valence-corrected chi connectivity index (χ0v) is 9.75. The zero-order valence-electron chi connectivity index (χ0n) is 8.93. The highest BCUT2D eigenvalue weighted by atomic mass is 32.1. The number of thiophene rings is 1. The van der Waals surface area contributed by atoms with Gasteiger partial charge in [0.15, 0.2) is 0 Å². The Balaban J connectivity index is 1.80. The maximum atomic E-state index is 5.94. The van der Waals surface area contributed by atoms with Crippen molar-refractivity contribution in [1.82, 2.24) is 4.90 Å². The van der Waals surface area contributed by atoms with Crippen molar-refractivity contribution in [2.75, 3.05) is 13.1 Å². The Morgan fingerprint density at radius 3 is 3.00 bits per heavy atom. The molecule has 3 rings (SSSR count). The van der Waals surface area contributed by atoms with Gasteiger partial charge in [-0.15, -0.1) is 11.3 Å². The van der Waals surface area contributed by atoms with Crippen LogP contribution in [-0.4, -0.2) is 24.0 Å². The summed E-state index contributed by atoms with van der Waals surface area (Å²) < 4.78 is 0. The van der Waals surface area contributed by atoms with E-state index in [-0.39, 0.29) is 0 Å². The van der Waals surface area contributed by atoms with Crippen molar-refractivity contribution >= 4 is 11.3 Å². The minimum absolute atomic E-state index is 0.486. The maximum Gasteiger partial charge on any atom is 0.0566 e. The Morgan fingerprint density at radius 2 is 2.47 bits per heavy atom. The van der Waals surface area contributed by atoms with Gasteiger partial charge in [0.1, 0.15) is 0 Å². The molecule has 1 aromatic heterocycles. The molecule has 0 amide bonds. The molecule has 2 fully saturated rings. The molecule has 0 aromatic carbocycles. The summed E-state index contributed by atoms with van der Waals surface area (Å²) in [5, 5.41) is 2.16. The molecule has 1 saturated heterocycles. The fourth-order valence-electron chi connectivity index (χ4n) is 3.24. The van der Waals surface area contributed by atoms with Crippen molar-refractivity contribution in [3.05, 3.63) is 22.4 Å². The monoisotopic (exact) mass is 222 g/mol. The summed E-state index contributed by atoms with van der Waals surface area (Å²) in [7, 11) is 0. The van der Waals surface area contributed by atoms with Gasteiger partial charge in [0, 0.05) is 24.0 Å². The Kier molecular flexibility index (Phi) is 2.54. The molecule has 3 heteroatoms. The first-order chi connectivity index (χ1) is 7.38. The molecular weight excluding hydrogens is 204 g/mol. The summed E-state index contributed by atoms with van der Waals surface area (Å²) in [6.07, 6.45) is 4.26. The molecule has 0 radical (unpaired) electrons. The first-order valence-electron chi connectivity index (χ1n) is 5.87. The van der Waals surface area contributed by atoms with E-state index in [0.29, 0.717) is 6.04 Å². The molecule has 1 saturated carbocycles. The van der Waals surface area contributed by atoms with Crippen LogP contribution in [0.1, 0.15) is 30.2 Å². The molecule has 1 aliphatic carbocycles. The standard InChI is InChI=1S/C12H18N2S/c13-7-11(12-2-1-5-15-12)14-8-9-3-4-10(14)6-9/h1-2,5,9-11H,3-4,6-8,13H2. The number of likely N-dealkylation sites (tertiary alicyclic amines) is 1. The molecule has 3 unspecified atom stereocenters. The molecule has 2 bridgehead atoms. The van der Waals surface area contributed by atoms with E-state index in [4.69, 9.17) is 5.73 Å². The van der Waals surface area contributed by atoms with Crippen molar-refractivity contribution in [3.63, 3.8) is 0 Å². The van der Waals surface area contributed by atoms with Gasteiger partial charge in [-0.25, -0.2) is 0 Å². The summed E-state index contributed by atoms with van der Waals surface area (Å²) in [5.41, 5.74) is 5.94. The molecule has 2 heterocycles. The van der Waals surface area contributed by atoms with Crippen molar-refractivity contribution in [3.8, 4) is 0 Å². The Labute approximate surface area is 95.1 Å². The minimum atomic E-state index is 0.486. The van der Waals surface area contributed by atoms with Gasteiger partial charge in [-0.05, 0) is 36.6 Å². The second-order valence-corrected chi connectivity index (χ2v) is 5.78. The Hall–Kier alpha value is -0.380. The normalized spacial score (nSPS) is 32.3. The molecule has 1 aromatic rings. The van der Waals surface area contributed by atoms with E-state index >= 15 is 0 Å². The highest BCUT2D eigenvalue weighted by Gasteiger charge is 2.41. The first kappa shape index (κ1) is 9.82. The predicted octanol–water partition coefficient (Wildman–Crippen LogP) is 2.23. The van der Waals surface area contributed by atoms with Crippen molar-refractivity contribution < 1.29 is 0 Å². The lowest BCUT2D eigenvalue weighted by atomic mass is 10.1. The number of nitrogens with zero attached hydrogens (tertiary/aromatic N) is 1.